The first-order valence-electron chi connectivity index (χ1n) is 6.65. The van der Waals surface area contributed by atoms with Gasteiger partial charge in [-0.3, -0.25) is 0 Å². The van der Waals surface area contributed by atoms with Crippen LogP contribution >= 0.6 is 0 Å². The van der Waals surface area contributed by atoms with Gasteiger partial charge in [-0.25, -0.2) is 0 Å². The molecule has 0 radical (unpaired) electrons. The van der Waals surface area contributed by atoms with Crippen LogP contribution in [0, 0.1) is 6.92 Å². The van der Waals surface area contributed by atoms with Gasteiger partial charge in [-0.05, 0) is 43.2 Å². The first kappa shape index (κ1) is 13.7. The fourth-order valence-electron chi connectivity index (χ4n) is 2.14. The monoisotopic (exact) mass is 259 g/mol. The normalized spacial score (nSPS) is 12.4. The summed E-state index contributed by atoms with van der Waals surface area (Å²) in [4.78, 5) is 0. The molecule has 1 unspecified atom stereocenters. The summed E-state index contributed by atoms with van der Waals surface area (Å²) in [5.41, 5.74) is 1.27. The standard InChI is InChI=1S/C16H21NO2/c1-4-16(13-6-9-14(18-3)10-7-13)17-11-15-8-5-12(2)19-15/h5-10,16-17H,4,11H2,1-3H3. The topological polar surface area (TPSA) is 34.4 Å². The van der Waals surface area contributed by atoms with Crippen LogP contribution < -0.4 is 10.1 Å². The highest BCUT2D eigenvalue weighted by Crippen LogP contribution is 2.20. The highest BCUT2D eigenvalue weighted by Gasteiger charge is 2.09. The van der Waals surface area contributed by atoms with E-state index in [1.807, 2.05) is 31.2 Å². The molecule has 0 saturated carbocycles. The SMILES string of the molecule is CCC(NCc1ccc(C)o1)c1ccc(OC)cc1. The number of furan rings is 1. The minimum Gasteiger partial charge on any atom is -0.497 e. The molecule has 2 rings (SSSR count). The molecule has 0 bridgehead atoms. The predicted octanol–water partition coefficient (Wildman–Crippen LogP) is 3.84. The van der Waals surface area contributed by atoms with Gasteiger partial charge in [0.1, 0.15) is 17.3 Å². The van der Waals surface area contributed by atoms with Crippen molar-refractivity contribution in [3.8, 4) is 5.75 Å². The molecule has 1 aromatic carbocycles. The van der Waals surface area contributed by atoms with Gasteiger partial charge < -0.3 is 14.5 Å². The van der Waals surface area contributed by atoms with Gasteiger partial charge >= 0.3 is 0 Å². The van der Waals surface area contributed by atoms with Crippen molar-refractivity contribution in [2.45, 2.75) is 32.9 Å². The summed E-state index contributed by atoms with van der Waals surface area (Å²) >= 11 is 0. The van der Waals surface area contributed by atoms with Crippen molar-refractivity contribution in [2.24, 2.45) is 0 Å². The zero-order valence-corrected chi connectivity index (χ0v) is 11.8. The second kappa shape index (κ2) is 6.43. The maximum Gasteiger partial charge on any atom is 0.118 e. The van der Waals surface area contributed by atoms with E-state index in [0.717, 1.165) is 30.2 Å². The van der Waals surface area contributed by atoms with Crippen molar-refractivity contribution in [1.82, 2.24) is 5.32 Å². The molecule has 0 aliphatic rings. The van der Waals surface area contributed by atoms with Gasteiger partial charge in [-0.15, -0.1) is 0 Å². The smallest absolute Gasteiger partial charge is 0.118 e. The highest BCUT2D eigenvalue weighted by molar-refractivity contribution is 5.29. The lowest BCUT2D eigenvalue weighted by Crippen LogP contribution is -2.19. The van der Waals surface area contributed by atoms with E-state index in [-0.39, 0.29) is 0 Å². The first-order valence-corrected chi connectivity index (χ1v) is 6.65. The summed E-state index contributed by atoms with van der Waals surface area (Å²) < 4.78 is 10.7. The van der Waals surface area contributed by atoms with E-state index in [2.05, 4.69) is 24.4 Å². The van der Waals surface area contributed by atoms with Crippen molar-refractivity contribution in [1.29, 1.82) is 0 Å². The molecule has 3 nitrogen and oxygen atoms in total. The zero-order chi connectivity index (χ0) is 13.7. The summed E-state index contributed by atoms with van der Waals surface area (Å²) in [5.74, 6) is 2.82. The number of nitrogens with one attached hydrogen (secondary N) is 1. The van der Waals surface area contributed by atoms with Gasteiger partial charge in [0, 0.05) is 6.04 Å². The van der Waals surface area contributed by atoms with Crippen molar-refractivity contribution in [2.75, 3.05) is 7.11 Å². The molecule has 1 heterocycles. The summed E-state index contributed by atoms with van der Waals surface area (Å²) in [6, 6.07) is 12.5. The summed E-state index contributed by atoms with van der Waals surface area (Å²) in [6.07, 6.45) is 1.03. The van der Waals surface area contributed by atoms with Crippen LogP contribution in [0.1, 0.15) is 36.5 Å². The molecular weight excluding hydrogens is 238 g/mol. The third-order valence-corrected chi connectivity index (χ3v) is 3.25. The molecule has 2 aromatic rings. The van der Waals surface area contributed by atoms with Gasteiger partial charge in [-0.2, -0.15) is 0 Å². The molecule has 102 valence electrons. The third kappa shape index (κ3) is 3.61. The molecule has 1 N–H and O–H groups in total. The van der Waals surface area contributed by atoms with Crippen molar-refractivity contribution < 1.29 is 9.15 Å². The van der Waals surface area contributed by atoms with E-state index in [0.29, 0.717) is 6.04 Å². The Labute approximate surface area is 114 Å². The van der Waals surface area contributed by atoms with Crippen LogP contribution in [0.5, 0.6) is 5.75 Å². The number of methoxy groups -OCH3 is 1. The van der Waals surface area contributed by atoms with E-state index >= 15 is 0 Å². The van der Waals surface area contributed by atoms with Crippen molar-refractivity contribution in [3.05, 3.63) is 53.5 Å². The fourth-order valence-corrected chi connectivity index (χ4v) is 2.14. The first-order chi connectivity index (χ1) is 9.22. The minimum atomic E-state index is 0.330. The molecule has 0 amide bonds. The molecule has 0 saturated heterocycles. The van der Waals surface area contributed by atoms with Crippen LogP contribution in [0.2, 0.25) is 0 Å². The highest BCUT2D eigenvalue weighted by atomic mass is 16.5. The fraction of sp³-hybridized carbons (Fsp3) is 0.375. The molecule has 19 heavy (non-hydrogen) atoms. The molecule has 0 fully saturated rings. The van der Waals surface area contributed by atoms with Gasteiger partial charge in [0.25, 0.3) is 0 Å². The largest absolute Gasteiger partial charge is 0.497 e. The Kier molecular flexibility index (Phi) is 4.63. The van der Waals surface area contributed by atoms with E-state index in [4.69, 9.17) is 9.15 Å². The zero-order valence-electron chi connectivity index (χ0n) is 11.8. The maximum atomic E-state index is 5.57. The quantitative estimate of drug-likeness (QED) is 0.856. The van der Waals surface area contributed by atoms with Crippen LogP contribution in [0.25, 0.3) is 0 Å². The van der Waals surface area contributed by atoms with E-state index in [1.54, 1.807) is 7.11 Å². The Morgan fingerprint density at radius 1 is 1.16 bits per heavy atom. The molecule has 1 atom stereocenters. The Balaban J connectivity index is 1.98. The minimum absolute atomic E-state index is 0.330. The number of ether oxygens (including phenoxy) is 1. The van der Waals surface area contributed by atoms with Crippen LogP contribution in [0.3, 0.4) is 0 Å². The lowest BCUT2D eigenvalue weighted by Gasteiger charge is -2.17. The Bertz CT molecular complexity index is 502. The number of hydrogen-bond donors (Lipinski definition) is 1. The molecule has 1 aromatic heterocycles. The van der Waals surface area contributed by atoms with Crippen molar-refractivity contribution >= 4 is 0 Å². The third-order valence-electron chi connectivity index (χ3n) is 3.25. The number of hydrogen-bond acceptors (Lipinski definition) is 3. The van der Waals surface area contributed by atoms with E-state index in [1.165, 1.54) is 5.56 Å². The average molecular weight is 259 g/mol. The van der Waals surface area contributed by atoms with E-state index in [9.17, 15) is 0 Å². The summed E-state index contributed by atoms with van der Waals surface area (Å²) in [6.45, 7) is 4.89. The summed E-state index contributed by atoms with van der Waals surface area (Å²) in [7, 11) is 1.68. The van der Waals surface area contributed by atoms with Gasteiger partial charge in [0.15, 0.2) is 0 Å². The van der Waals surface area contributed by atoms with Crippen molar-refractivity contribution in [3.63, 3.8) is 0 Å². The number of benzene rings is 1. The Hall–Kier alpha value is -1.74. The van der Waals surface area contributed by atoms with Crippen LogP contribution in [-0.4, -0.2) is 7.11 Å². The number of aryl methyl sites for hydroxylation is 1. The molecular formula is C16H21NO2. The van der Waals surface area contributed by atoms with Gasteiger partial charge in [0.2, 0.25) is 0 Å². The Morgan fingerprint density at radius 2 is 1.89 bits per heavy atom. The lowest BCUT2D eigenvalue weighted by molar-refractivity contribution is 0.413. The second-order valence-electron chi connectivity index (χ2n) is 4.63. The van der Waals surface area contributed by atoms with Gasteiger partial charge in [0.05, 0.1) is 13.7 Å². The molecule has 0 aliphatic heterocycles. The van der Waals surface area contributed by atoms with E-state index < -0.39 is 0 Å². The average Bonchev–Trinajstić information content (AvgIpc) is 2.86. The Morgan fingerprint density at radius 3 is 2.42 bits per heavy atom. The van der Waals surface area contributed by atoms with Crippen LogP contribution in [-0.2, 0) is 6.54 Å². The maximum absolute atomic E-state index is 5.57. The second-order valence-corrected chi connectivity index (χ2v) is 4.63. The molecule has 0 aliphatic carbocycles. The lowest BCUT2D eigenvalue weighted by atomic mass is 10.0. The molecule has 0 spiro atoms. The summed E-state index contributed by atoms with van der Waals surface area (Å²) in [5, 5.41) is 3.52. The predicted molar refractivity (Wildman–Crippen MR) is 76.3 cm³/mol. The van der Waals surface area contributed by atoms with Crippen LogP contribution in [0.15, 0.2) is 40.8 Å². The molecule has 3 heteroatoms. The van der Waals surface area contributed by atoms with Crippen LogP contribution in [0.4, 0.5) is 0 Å². The number of rotatable bonds is 6. The van der Waals surface area contributed by atoms with Gasteiger partial charge in [-0.1, -0.05) is 19.1 Å².